The van der Waals surface area contributed by atoms with Gasteiger partial charge in [-0.15, -0.1) is 0 Å². The average Bonchev–Trinajstić information content (AvgIpc) is 2.26. The lowest BCUT2D eigenvalue weighted by atomic mass is 10.3. The Balaban J connectivity index is 2.54. The topological polar surface area (TPSA) is 45.4 Å². The molecule has 0 fully saturated rings. The van der Waals surface area contributed by atoms with Crippen LogP contribution in [-0.2, 0) is 6.54 Å². The van der Waals surface area contributed by atoms with Crippen molar-refractivity contribution in [2.75, 3.05) is 39.1 Å². The van der Waals surface area contributed by atoms with E-state index in [1.165, 1.54) is 0 Å². The van der Waals surface area contributed by atoms with Crippen LogP contribution in [0.1, 0.15) is 5.56 Å². The largest absolute Gasteiger partial charge is 0.358 e. The van der Waals surface area contributed by atoms with Gasteiger partial charge in [0.05, 0.1) is 0 Å². The zero-order valence-corrected chi connectivity index (χ0v) is 9.77. The van der Waals surface area contributed by atoms with Gasteiger partial charge in [0.2, 0.25) is 0 Å². The minimum absolute atomic E-state index is 0.550. The maximum Gasteiger partial charge on any atom is 0.128 e. The van der Waals surface area contributed by atoms with Crippen LogP contribution >= 0.6 is 0 Å². The molecule has 0 aliphatic heterocycles. The van der Waals surface area contributed by atoms with Crippen LogP contribution in [0.3, 0.4) is 0 Å². The van der Waals surface area contributed by atoms with Crippen molar-refractivity contribution in [2.24, 2.45) is 5.73 Å². The van der Waals surface area contributed by atoms with Gasteiger partial charge in [0.25, 0.3) is 0 Å². The predicted molar refractivity (Wildman–Crippen MR) is 64.0 cm³/mol. The zero-order chi connectivity index (χ0) is 11.3. The summed E-state index contributed by atoms with van der Waals surface area (Å²) in [4.78, 5) is 8.65. The molecule has 0 radical (unpaired) electrons. The third-order valence-corrected chi connectivity index (χ3v) is 2.32. The number of anilines is 1. The number of hydrogen-bond acceptors (Lipinski definition) is 4. The monoisotopic (exact) mass is 208 g/mol. The molecule has 84 valence electrons. The lowest BCUT2D eigenvalue weighted by Crippen LogP contribution is -2.28. The van der Waals surface area contributed by atoms with E-state index in [1.807, 2.05) is 25.4 Å². The molecule has 15 heavy (non-hydrogen) atoms. The van der Waals surface area contributed by atoms with Gasteiger partial charge in [0, 0.05) is 32.9 Å². The van der Waals surface area contributed by atoms with Crippen LogP contribution in [-0.4, -0.2) is 44.1 Å². The van der Waals surface area contributed by atoms with Gasteiger partial charge in [0.1, 0.15) is 5.82 Å². The Bertz CT molecular complexity index is 281. The number of hydrogen-bond donors (Lipinski definition) is 1. The molecule has 1 aromatic rings. The second kappa shape index (κ2) is 5.68. The molecular formula is C11H20N4. The third-order valence-electron chi connectivity index (χ3n) is 2.32. The highest BCUT2D eigenvalue weighted by atomic mass is 15.2. The van der Waals surface area contributed by atoms with Crippen LogP contribution in [0.5, 0.6) is 0 Å². The Morgan fingerprint density at radius 2 is 1.93 bits per heavy atom. The van der Waals surface area contributed by atoms with Gasteiger partial charge >= 0.3 is 0 Å². The van der Waals surface area contributed by atoms with Crippen molar-refractivity contribution in [2.45, 2.75) is 6.54 Å². The SMILES string of the molecule is CN(C)CCN(C)c1ccc(CN)cn1. The summed E-state index contributed by atoms with van der Waals surface area (Å²) in [6.45, 7) is 2.55. The number of nitrogens with zero attached hydrogens (tertiary/aromatic N) is 3. The molecule has 1 heterocycles. The smallest absolute Gasteiger partial charge is 0.128 e. The molecule has 4 nitrogen and oxygen atoms in total. The third kappa shape index (κ3) is 3.85. The van der Waals surface area contributed by atoms with Gasteiger partial charge in [-0.3, -0.25) is 0 Å². The minimum Gasteiger partial charge on any atom is -0.358 e. The molecule has 0 aromatic carbocycles. The molecule has 0 saturated carbocycles. The van der Waals surface area contributed by atoms with Gasteiger partial charge in [-0.1, -0.05) is 6.07 Å². The van der Waals surface area contributed by atoms with Crippen molar-refractivity contribution < 1.29 is 0 Å². The molecular weight excluding hydrogens is 188 g/mol. The first-order valence-corrected chi connectivity index (χ1v) is 5.14. The first kappa shape index (κ1) is 11.9. The Labute approximate surface area is 91.7 Å². The van der Waals surface area contributed by atoms with E-state index in [2.05, 4.69) is 28.9 Å². The van der Waals surface area contributed by atoms with Crippen molar-refractivity contribution >= 4 is 5.82 Å². The van der Waals surface area contributed by atoms with E-state index in [0.717, 1.165) is 24.5 Å². The van der Waals surface area contributed by atoms with Gasteiger partial charge < -0.3 is 15.5 Å². The first-order valence-electron chi connectivity index (χ1n) is 5.14. The zero-order valence-electron chi connectivity index (χ0n) is 9.77. The van der Waals surface area contributed by atoms with Gasteiger partial charge in [-0.2, -0.15) is 0 Å². The maximum absolute atomic E-state index is 5.51. The fraction of sp³-hybridized carbons (Fsp3) is 0.545. The number of pyridine rings is 1. The van der Waals surface area contributed by atoms with Crippen molar-refractivity contribution in [3.8, 4) is 0 Å². The number of likely N-dealkylation sites (N-methyl/N-ethyl adjacent to an activating group) is 2. The lowest BCUT2D eigenvalue weighted by molar-refractivity contribution is 0.416. The Hall–Kier alpha value is -1.13. The van der Waals surface area contributed by atoms with Gasteiger partial charge in [0.15, 0.2) is 0 Å². The molecule has 0 aliphatic rings. The molecule has 1 rings (SSSR count). The molecule has 0 aliphatic carbocycles. The summed E-state index contributed by atoms with van der Waals surface area (Å²) in [7, 11) is 6.19. The van der Waals surface area contributed by atoms with Crippen LogP contribution in [0.4, 0.5) is 5.82 Å². The second-order valence-corrected chi connectivity index (χ2v) is 3.95. The fourth-order valence-electron chi connectivity index (χ4n) is 1.23. The second-order valence-electron chi connectivity index (χ2n) is 3.95. The Kier molecular flexibility index (Phi) is 4.52. The van der Waals surface area contributed by atoms with E-state index >= 15 is 0 Å². The lowest BCUT2D eigenvalue weighted by Gasteiger charge is -2.20. The highest BCUT2D eigenvalue weighted by Crippen LogP contribution is 2.08. The van der Waals surface area contributed by atoms with E-state index in [-0.39, 0.29) is 0 Å². The normalized spacial score (nSPS) is 10.7. The quantitative estimate of drug-likeness (QED) is 0.767. The number of rotatable bonds is 5. The molecule has 0 unspecified atom stereocenters. The summed E-state index contributed by atoms with van der Waals surface area (Å²) in [5.41, 5.74) is 6.58. The van der Waals surface area contributed by atoms with Crippen LogP contribution in [0.15, 0.2) is 18.3 Å². The molecule has 0 amide bonds. The van der Waals surface area contributed by atoms with Crippen molar-refractivity contribution in [3.05, 3.63) is 23.9 Å². The number of aromatic nitrogens is 1. The Morgan fingerprint density at radius 3 is 2.40 bits per heavy atom. The fourth-order valence-corrected chi connectivity index (χ4v) is 1.23. The van der Waals surface area contributed by atoms with Crippen LogP contribution in [0, 0.1) is 0 Å². The van der Waals surface area contributed by atoms with Crippen LogP contribution in [0.2, 0.25) is 0 Å². The summed E-state index contributed by atoms with van der Waals surface area (Å²) < 4.78 is 0. The summed E-state index contributed by atoms with van der Waals surface area (Å²) in [5, 5.41) is 0. The van der Waals surface area contributed by atoms with Gasteiger partial charge in [-0.05, 0) is 25.7 Å². The molecule has 0 spiro atoms. The highest BCUT2D eigenvalue weighted by Gasteiger charge is 2.02. The van der Waals surface area contributed by atoms with Crippen molar-refractivity contribution in [3.63, 3.8) is 0 Å². The molecule has 0 bridgehead atoms. The van der Waals surface area contributed by atoms with Crippen molar-refractivity contribution in [1.29, 1.82) is 0 Å². The summed E-state index contributed by atoms with van der Waals surface area (Å²) >= 11 is 0. The van der Waals surface area contributed by atoms with E-state index in [4.69, 9.17) is 5.73 Å². The van der Waals surface area contributed by atoms with E-state index in [1.54, 1.807) is 0 Å². The van der Waals surface area contributed by atoms with E-state index in [9.17, 15) is 0 Å². The molecule has 4 heteroatoms. The maximum atomic E-state index is 5.51. The summed E-state index contributed by atoms with van der Waals surface area (Å²) in [6.07, 6.45) is 1.83. The molecule has 0 atom stereocenters. The van der Waals surface area contributed by atoms with Crippen LogP contribution in [0.25, 0.3) is 0 Å². The summed E-state index contributed by atoms with van der Waals surface area (Å²) in [6, 6.07) is 4.03. The summed E-state index contributed by atoms with van der Waals surface area (Å²) in [5.74, 6) is 0.994. The standard InChI is InChI=1S/C11H20N4/c1-14(2)6-7-15(3)11-5-4-10(8-12)9-13-11/h4-5,9H,6-8,12H2,1-3H3. The average molecular weight is 208 g/mol. The van der Waals surface area contributed by atoms with E-state index in [0.29, 0.717) is 6.54 Å². The molecule has 2 N–H and O–H groups in total. The minimum atomic E-state index is 0.550. The van der Waals surface area contributed by atoms with E-state index < -0.39 is 0 Å². The Morgan fingerprint density at radius 1 is 1.20 bits per heavy atom. The van der Waals surface area contributed by atoms with Crippen LogP contribution < -0.4 is 10.6 Å². The first-order chi connectivity index (χ1) is 7.13. The molecule has 1 aromatic heterocycles. The predicted octanol–water partition coefficient (Wildman–Crippen LogP) is 0.538. The van der Waals surface area contributed by atoms with Gasteiger partial charge in [-0.25, -0.2) is 4.98 Å². The highest BCUT2D eigenvalue weighted by molar-refractivity contribution is 5.38. The number of nitrogens with two attached hydrogens (primary N) is 1. The van der Waals surface area contributed by atoms with Crippen molar-refractivity contribution in [1.82, 2.24) is 9.88 Å². The molecule has 0 saturated heterocycles.